The Morgan fingerprint density at radius 1 is 1.25 bits per heavy atom. The Morgan fingerprint density at radius 2 is 2.07 bits per heavy atom. The lowest BCUT2D eigenvalue weighted by Crippen LogP contribution is -2.51. The summed E-state index contributed by atoms with van der Waals surface area (Å²) in [7, 11) is 0. The number of halogens is 1. The van der Waals surface area contributed by atoms with Crippen LogP contribution in [0.25, 0.3) is 0 Å². The molecule has 28 heavy (non-hydrogen) atoms. The van der Waals surface area contributed by atoms with Gasteiger partial charge >= 0.3 is 0 Å². The van der Waals surface area contributed by atoms with Crippen molar-refractivity contribution in [2.45, 2.75) is 70.6 Å². The number of piperidine rings is 1. The Balaban J connectivity index is 0.00000280. The normalized spacial score (nSPS) is 20.7. The van der Waals surface area contributed by atoms with Crippen LogP contribution in [0.5, 0.6) is 5.75 Å². The molecule has 1 aromatic rings. The van der Waals surface area contributed by atoms with Crippen LogP contribution < -0.4 is 20.7 Å². The van der Waals surface area contributed by atoms with E-state index in [-0.39, 0.29) is 35.9 Å². The summed E-state index contributed by atoms with van der Waals surface area (Å²) in [5, 5.41) is 9.61. The maximum Gasteiger partial charge on any atom is 0.220 e. The molecule has 1 saturated heterocycles. The van der Waals surface area contributed by atoms with Gasteiger partial charge in [0, 0.05) is 25.6 Å². The maximum atomic E-state index is 11.3. The summed E-state index contributed by atoms with van der Waals surface area (Å²) >= 11 is 0. The van der Waals surface area contributed by atoms with Crippen LogP contribution in [0.3, 0.4) is 0 Å². The van der Waals surface area contributed by atoms with Gasteiger partial charge < -0.3 is 20.7 Å². The number of carbonyl (C=O) groups excluding carboxylic acids is 1. The third kappa shape index (κ3) is 7.48. The number of aliphatic imine (C=N–C) groups is 1. The van der Waals surface area contributed by atoms with E-state index >= 15 is 0 Å². The number of nitrogens with zero attached hydrogens (tertiary/aromatic N) is 1. The number of nitrogens with one attached hydrogen (secondary N) is 3. The van der Waals surface area contributed by atoms with E-state index < -0.39 is 0 Å². The van der Waals surface area contributed by atoms with Gasteiger partial charge in [-0.15, -0.1) is 24.0 Å². The molecular formula is C21H33IN4O2. The molecule has 156 valence electrons. The number of carbonyl (C=O) groups is 1. The molecular weight excluding hydrogens is 467 g/mol. The zero-order valence-electron chi connectivity index (χ0n) is 16.7. The van der Waals surface area contributed by atoms with Crippen LogP contribution in [-0.4, -0.2) is 37.1 Å². The van der Waals surface area contributed by atoms with Crippen molar-refractivity contribution in [2.75, 3.05) is 13.1 Å². The van der Waals surface area contributed by atoms with Gasteiger partial charge in [-0.2, -0.15) is 0 Å². The van der Waals surface area contributed by atoms with Crippen molar-refractivity contribution in [3.05, 3.63) is 29.8 Å². The van der Waals surface area contributed by atoms with Crippen molar-refractivity contribution in [2.24, 2.45) is 4.99 Å². The minimum Gasteiger partial charge on any atom is -0.490 e. The molecule has 1 aliphatic carbocycles. The second-order valence-corrected chi connectivity index (χ2v) is 7.40. The smallest absolute Gasteiger partial charge is 0.220 e. The molecule has 1 atom stereocenters. The van der Waals surface area contributed by atoms with Crippen LogP contribution in [-0.2, 0) is 11.3 Å². The van der Waals surface area contributed by atoms with Crippen molar-refractivity contribution >= 4 is 35.8 Å². The summed E-state index contributed by atoms with van der Waals surface area (Å²) in [4.78, 5) is 16.0. The maximum absolute atomic E-state index is 11.3. The number of benzene rings is 1. The molecule has 3 rings (SSSR count). The van der Waals surface area contributed by atoms with Crippen LogP contribution in [0.2, 0.25) is 0 Å². The number of ether oxygens (including phenoxy) is 1. The van der Waals surface area contributed by atoms with E-state index in [1.165, 1.54) is 19.3 Å². The van der Waals surface area contributed by atoms with E-state index in [4.69, 9.17) is 9.73 Å². The molecule has 1 aliphatic heterocycles. The second-order valence-electron chi connectivity index (χ2n) is 7.40. The van der Waals surface area contributed by atoms with Crippen molar-refractivity contribution < 1.29 is 9.53 Å². The average Bonchev–Trinajstić information content (AvgIpc) is 2.69. The summed E-state index contributed by atoms with van der Waals surface area (Å²) in [6.45, 7) is 4.10. The first-order chi connectivity index (χ1) is 13.2. The quantitative estimate of drug-likeness (QED) is 0.318. The predicted octanol–water partition coefficient (Wildman–Crippen LogP) is 3.35. The second kappa shape index (κ2) is 12.1. The van der Waals surface area contributed by atoms with Crippen LogP contribution in [0.15, 0.2) is 29.3 Å². The third-order valence-corrected chi connectivity index (χ3v) is 5.12. The van der Waals surface area contributed by atoms with E-state index in [2.05, 4.69) is 35.0 Å². The van der Waals surface area contributed by atoms with Gasteiger partial charge in [0.25, 0.3) is 0 Å². The van der Waals surface area contributed by atoms with Gasteiger partial charge in [0.05, 0.1) is 12.6 Å². The third-order valence-electron chi connectivity index (χ3n) is 5.12. The first-order valence-corrected chi connectivity index (χ1v) is 10.3. The lowest BCUT2D eigenvalue weighted by Gasteiger charge is -2.25. The SMILES string of the molecule is CCNC(=NCc1cccc(OC2CCCCC2)c1)NC1CCC(=O)NC1.I. The number of rotatable bonds is 6. The summed E-state index contributed by atoms with van der Waals surface area (Å²) in [6, 6.07) is 8.49. The number of guanidine groups is 1. The van der Waals surface area contributed by atoms with Crippen LogP contribution >= 0.6 is 24.0 Å². The summed E-state index contributed by atoms with van der Waals surface area (Å²) in [5.74, 6) is 1.87. The van der Waals surface area contributed by atoms with E-state index in [9.17, 15) is 4.79 Å². The lowest BCUT2D eigenvalue weighted by atomic mass is 9.98. The fourth-order valence-corrected chi connectivity index (χ4v) is 3.63. The number of amides is 1. The molecule has 2 aliphatic rings. The monoisotopic (exact) mass is 500 g/mol. The molecule has 0 bridgehead atoms. The standard InChI is InChI=1S/C21H32N4O2.HI/c1-2-22-21(25-17-11-12-20(26)23-15-17)24-14-16-7-6-10-19(13-16)27-18-8-4-3-5-9-18;/h6-7,10,13,17-18H,2-5,8-9,11-12,14-15H2,1H3,(H,23,26)(H2,22,24,25);1H. The molecule has 1 unspecified atom stereocenters. The zero-order valence-corrected chi connectivity index (χ0v) is 19.0. The van der Waals surface area contributed by atoms with E-state index in [1.54, 1.807) is 0 Å². The summed E-state index contributed by atoms with van der Waals surface area (Å²) in [5.41, 5.74) is 1.14. The number of hydrogen-bond acceptors (Lipinski definition) is 3. The Morgan fingerprint density at radius 3 is 2.79 bits per heavy atom. The summed E-state index contributed by atoms with van der Waals surface area (Å²) in [6.07, 6.45) is 7.96. The molecule has 6 nitrogen and oxygen atoms in total. The van der Waals surface area contributed by atoms with E-state index in [0.29, 0.717) is 25.6 Å². The van der Waals surface area contributed by atoms with E-state index in [0.717, 1.165) is 43.1 Å². The van der Waals surface area contributed by atoms with Gasteiger partial charge in [-0.3, -0.25) is 4.79 Å². The zero-order chi connectivity index (χ0) is 18.9. The highest BCUT2D eigenvalue weighted by Gasteiger charge is 2.18. The van der Waals surface area contributed by atoms with Crippen molar-refractivity contribution in [1.29, 1.82) is 0 Å². The van der Waals surface area contributed by atoms with Crippen molar-refractivity contribution in [1.82, 2.24) is 16.0 Å². The van der Waals surface area contributed by atoms with Gasteiger partial charge in [0.2, 0.25) is 5.91 Å². The van der Waals surface area contributed by atoms with Crippen LogP contribution in [0, 0.1) is 0 Å². The Hall–Kier alpha value is -1.51. The average molecular weight is 500 g/mol. The van der Waals surface area contributed by atoms with Gasteiger partial charge in [-0.1, -0.05) is 18.6 Å². The Bertz CT molecular complexity index is 637. The van der Waals surface area contributed by atoms with Gasteiger partial charge in [0.1, 0.15) is 5.75 Å². The molecule has 1 amide bonds. The first kappa shape index (κ1) is 22.8. The first-order valence-electron chi connectivity index (χ1n) is 10.3. The topological polar surface area (TPSA) is 74.8 Å². The fraction of sp³-hybridized carbons (Fsp3) is 0.619. The highest BCUT2D eigenvalue weighted by atomic mass is 127. The molecule has 0 radical (unpaired) electrons. The largest absolute Gasteiger partial charge is 0.490 e. The van der Waals surface area contributed by atoms with Gasteiger partial charge in [-0.25, -0.2) is 4.99 Å². The highest BCUT2D eigenvalue weighted by Crippen LogP contribution is 2.24. The molecule has 1 heterocycles. The van der Waals surface area contributed by atoms with Crippen LogP contribution in [0.4, 0.5) is 0 Å². The molecule has 1 saturated carbocycles. The molecule has 0 spiro atoms. The minimum absolute atomic E-state index is 0. The minimum atomic E-state index is 0. The Labute approximate surface area is 185 Å². The molecule has 1 aromatic carbocycles. The van der Waals surface area contributed by atoms with E-state index in [1.807, 2.05) is 12.1 Å². The highest BCUT2D eigenvalue weighted by molar-refractivity contribution is 14.0. The molecule has 7 heteroatoms. The molecule has 3 N–H and O–H groups in total. The predicted molar refractivity (Wildman–Crippen MR) is 123 cm³/mol. The molecule has 2 fully saturated rings. The number of hydrogen-bond donors (Lipinski definition) is 3. The lowest BCUT2D eigenvalue weighted by molar-refractivity contribution is -0.122. The molecule has 0 aromatic heterocycles. The Kier molecular flexibility index (Phi) is 9.87. The fourth-order valence-electron chi connectivity index (χ4n) is 3.63. The van der Waals surface area contributed by atoms with Gasteiger partial charge in [-0.05, 0) is 56.7 Å². The van der Waals surface area contributed by atoms with Gasteiger partial charge in [0.15, 0.2) is 5.96 Å². The van der Waals surface area contributed by atoms with Crippen LogP contribution in [0.1, 0.15) is 57.4 Å². The van der Waals surface area contributed by atoms with Crippen molar-refractivity contribution in [3.63, 3.8) is 0 Å². The van der Waals surface area contributed by atoms with Crippen molar-refractivity contribution in [3.8, 4) is 5.75 Å². The summed E-state index contributed by atoms with van der Waals surface area (Å²) < 4.78 is 6.16.